The van der Waals surface area contributed by atoms with Gasteiger partial charge in [-0.15, -0.1) is 0 Å². The van der Waals surface area contributed by atoms with Crippen molar-refractivity contribution in [3.8, 4) is 0 Å². The Morgan fingerprint density at radius 1 is 1.00 bits per heavy atom. The van der Waals surface area contributed by atoms with Gasteiger partial charge in [0.1, 0.15) is 4.83 Å². The Hall–Kier alpha value is -0.720. The fourth-order valence-corrected chi connectivity index (χ4v) is 1.35. The van der Waals surface area contributed by atoms with Gasteiger partial charge in [-0.2, -0.15) is 26.3 Å². The highest BCUT2D eigenvalue weighted by Crippen LogP contribution is 2.41. The smallest absolute Gasteiger partial charge is 0.169 e. The summed E-state index contributed by atoms with van der Waals surface area (Å²) in [6.07, 6.45) is -9.27. The second-order valence-corrected chi connectivity index (χ2v) is 3.94. The lowest BCUT2D eigenvalue weighted by Crippen LogP contribution is -2.16. The molecule has 90 valence electrons. The molecule has 0 aliphatic rings. The summed E-state index contributed by atoms with van der Waals surface area (Å²) < 4.78 is 73.4. The third-order valence-electron chi connectivity index (χ3n) is 1.79. The van der Waals surface area contributed by atoms with E-state index in [1.54, 1.807) is 0 Å². The maximum atomic E-state index is 12.2. The Morgan fingerprint density at radius 2 is 1.56 bits per heavy atom. The van der Waals surface area contributed by atoms with Crippen molar-refractivity contribution < 1.29 is 26.3 Å². The van der Waals surface area contributed by atoms with E-state index in [1.165, 1.54) is 0 Å². The highest BCUT2D eigenvalue weighted by Gasteiger charge is 2.40. The van der Waals surface area contributed by atoms with E-state index in [-0.39, 0.29) is 0 Å². The van der Waals surface area contributed by atoms with Crippen LogP contribution in [0.1, 0.15) is 16.0 Å². The molecule has 1 aromatic rings. The molecule has 1 aromatic carbocycles. The zero-order valence-corrected chi connectivity index (χ0v) is 9.12. The molecule has 0 saturated heterocycles. The molecule has 0 fully saturated rings. The molecule has 0 aliphatic carbocycles. The second kappa shape index (κ2) is 4.27. The fourth-order valence-electron chi connectivity index (χ4n) is 1.06. The number of halogens is 7. The van der Waals surface area contributed by atoms with Crippen LogP contribution in [0.3, 0.4) is 0 Å². The van der Waals surface area contributed by atoms with Crippen molar-refractivity contribution in [2.45, 2.75) is 17.2 Å². The van der Waals surface area contributed by atoms with E-state index >= 15 is 0 Å². The van der Waals surface area contributed by atoms with Crippen molar-refractivity contribution in [2.75, 3.05) is 0 Å². The molecule has 0 saturated carbocycles. The summed E-state index contributed by atoms with van der Waals surface area (Å²) in [5.41, 5.74) is -1.57. The van der Waals surface area contributed by atoms with Gasteiger partial charge in [-0.1, -0.05) is 34.1 Å². The molecule has 1 rings (SSSR count). The molecular weight excluding hydrogens is 302 g/mol. The van der Waals surface area contributed by atoms with E-state index < -0.39 is 28.3 Å². The quantitative estimate of drug-likeness (QED) is 0.521. The third kappa shape index (κ3) is 3.13. The van der Waals surface area contributed by atoms with Gasteiger partial charge in [0, 0.05) is 0 Å². The largest absolute Gasteiger partial charge is 0.416 e. The zero-order valence-electron chi connectivity index (χ0n) is 7.53. The number of rotatable bonds is 1. The average molecular weight is 307 g/mol. The predicted octanol–water partition coefficient (Wildman–Crippen LogP) is 4.70. The Morgan fingerprint density at radius 3 is 2.00 bits per heavy atom. The molecule has 7 heteroatoms. The van der Waals surface area contributed by atoms with Gasteiger partial charge in [-0.25, -0.2) is 0 Å². The van der Waals surface area contributed by atoms with Gasteiger partial charge < -0.3 is 0 Å². The third-order valence-corrected chi connectivity index (χ3v) is 2.84. The van der Waals surface area contributed by atoms with Gasteiger partial charge in [-0.3, -0.25) is 0 Å². The topological polar surface area (TPSA) is 0 Å². The van der Waals surface area contributed by atoms with Crippen LogP contribution in [0.2, 0.25) is 0 Å². The second-order valence-electron chi connectivity index (χ2n) is 3.03. The molecule has 0 radical (unpaired) electrons. The first-order valence-corrected chi connectivity index (χ1v) is 4.92. The number of benzene rings is 1. The standard InChI is InChI=1S/C9H5BrF6/c10-7(9(14,15)16)5-2-1-3-6(4-5)8(11,12)13/h1-4,7H/t7-/m1/s1. The van der Waals surface area contributed by atoms with Gasteiger partial charge in [0.25, 0.3) is 0 Å². The van der Waals surface area contributed by atoms with Crippen LogP contribution in [-0.2, 0) is 6.18 Å². The summed E-state index contributed by atoms with van der Waals surface area (Å²) in [5, 5.41) is 0. The summed E-state index contributed by atoms with van der Waals surface area (Å²) in [6, 6.07) is 3.13. The molecule has 0 heterocycles. The summed E-state index contributed by atoms with van der Waals surface area (Å²) in [4.78, 5) is -2.10. The minimum atomic E-state index is -4.64. The number of alkyl halides is 7. The average Bonchev–Trinajstić information content (AvgIpc) is 2.14. The summed E-state index contributed by atoms with van der Waals surface area (Å²) in [6.45, 7) is 0. The molecule has 1 atom stereocenters. The van der Waals surface area contributed by atoms with Crippen molar-refractivity contribution in [3.63, 3.8) is 0 Å². The lowest BCUT2D eigenvalue weighted by molar-refractivity contribution is -0.138. The van der Waals surface area contributed by atoms with Gasteiger partial charge in [0.15, 0.2) is 0 Å². The number of hydrogen-bond acceptors (Lipinski definition) is 0. The first kappa shape index (κ1) is 13.3. The SMILES string of the molecule is FC(F)(F)c1cccc([C@@H](Br)C(F)(F)F)c1. The van der Waals surface area contributed by atoms with Crippen molar-refractivity contribution in [1.82, 2.24) is 0 Å². The van der Waals surface area contributed by atoms with Gasteiger partial charge in [0.2, 0.25) is 0 Å². The molecular formula is C9H5BrF6. The van der Waals surface area contributed by atoms with E-state index in [2.05, 4.69) is 15.9 Å². The highest BCUT2D eigenvalue weighted by atomic mass is 79.9. The number of hydrogen-bond donors (Lipinski definition) is 0. The van der Waals surface area contributed by atoms with Crippen molar-refractivity contribution in [3.05, 3.63) is 35.4 Å². The van der Waals surface area contributed by atoms with Crippen molar-refractivity contribution >= 4 is 15.9 Å². The molecule has 0 aromatic heterocycles. The Kier molecular flexibility index (Phi) is 3.56. The van der Waals surface area contributed by atoms with Crippen LogP contribution in [0.15, 0.2) is 24.3 Å². The molecule has 0 amide bonds. The first-order valence-electron chi connectivity index (χ1n) is 4.00. The van der Waals surface area contributed by atoms with Crippen LogP contribution in [0.5, 0.6) is 0 Å². The first-order chi connectivity index (χ1) is 7.12. The molecule has 0 unspecified atom stereocenters. The Balaban J connectivity index is 3.09. The van der Waals surface area contributed by atoms with Crippen LogP contribution >= 0.6 is 15.9 Å². The monoisotopic (exact) mass is 306 g/mol. The Labute approximate surface area is 95.4 Å². The van der Waals surface area contributed by atoms with Crippen LogP contribution in [-0.4, -0.2) is 6.18 Å². The minimum absolute atomic E-state index is 0.470. The highest BCUT2D eigenvalue weighted by molar-refractivity contribution is 9.09. The van der Waals surface area contributed by atoms with Gasteiger partial charge in [-0.05, 0) is 11.6 Å². The van der Waals surface area contributed by atoms with Crippen molar-refractivity contribution in [1.29, 1.82) is 0 Å². The molecule has 0 bridgehead atoms. The van der Waals surface area contributed by atoms with E-state index in [0.717, 1.165) is 18.2 Å². The van der Waals surface area contributed by atoms with E-state index in [0.29, 0.717) is 6.07 Å². The lowest BCUT2D eigenvalue weighted by Gasteiger charge is -2.15. The van der Waals surface area contributed by atoms with Crippen molar-refractivity contribution in [2.24, 2.45) is 0 Å². The van der Waals surface area contributed by atoms with E-state index in [4.69, 9.17) is 0 Å². The van der Waals surface area contributed by atoms with Crippen LogP contribution in [0.25, 0.3) is 0 Å². The maximum absolute atomic E-state index is 12.2. The lowest BCUT2D eigenvalue weighted by atomic mass is 10.1. The van der Waals surface area contributed by atoms with E-state index in [9.17, 15) is 26.3 Å². The fraction of sp³-hybridized carbons (Fsp3) is 0.333. The molecule has 0 aliphatic heterocycles. The summed E-state index contributed by atoms with van der Waals surface area (Å²) in [7, 11) is 0. The normalized spacial score (nSPS) is 14.9. The minimum Gasteiger partial charge on any atom is -0.169 e. The Bertz CT molecular complexity index is 367. The van der Waals surface area contributed by atoms with Gasteiger partial charge in [0.05, 0.1) is 5.56 Å². The summed E-state index contributed by atoms with van der Waals surface area (Å²) >= 11 is 2.31. The van der Waals surface area contributed by atoms with Crippen LogP contribution < -0.4 is 0 Å². The van der Waals surface area contributed by atoms with Crippen LogP contribution in [0.4, 0.5) is 26.3 Å². The zero-order chi connectivity index (χ0) is 12.6. The van der Waals surface area contributed by atoms with Crippen LogP contribution in [0, 0.1) is 0 Å². The molecule has 0 N–H and O–H groups in total. The van der Waals surface area contributed by atoms with Gasteiger partial charge >= 0.3 is 12.4 Å². The summed E-state index contributed by atoms with van der Waals surface area (Å²) in [5.74, 6) is 0. The molecule has 16 heavy (non-hydrogen) atoms. The maximum Gasteiger partial charge on any atom is 0.416 e. The molecule has 0 nitrogen and oxygen atoms in total. The molecule has 0 spiro atoms. The predicted molar refractivity (Wildman–Crippen MR) is 49.2 cm³/mol. The van der Waals surface area contributed by atoms with E-state index in [1.807, 2.05) is 0 Å².